The van der Waals surface area contributed by atoms with E-state index >= 15 is 0 Å². The molecule has 3 spiro atoms. The number of methoxy groups -OCH3 is 1. The van der Waals surface area contributed by atoms with Crippen LogP contribution in [0.1, 0.15) is 112 Å². The van der Waals surface area contributed by atoms with Crippen molar-refractivity contribution in [1.82, 2.24) is 0 Å². The van der Waals surface area contributed by atoms with Crippen LogP contribution in [0.25, 0.3) is 0 Å². The van der Waals surface area contributed by atoms with Gasteiger partial charge >= 0.3 is 5.97 Å². The Balaban J connectivity index is 0.000000139. The Kier molecular flexibility index (Phi) is 16.1. The largest absolute Gasteiger partial charge is 0.504 e. The molecule has 5 aromatic carbocycles. The van der Waals surface area contributed by atoms with Gasteiger partial charge in [-0.1, -0.05) is 21.3 Å². The van der Waals surface area contributed by atoms with E-state index in [0.29, 0.717) is 36.2 Å². The van der Waals surface area contributed by atoms with E-state index in [1.807, 2.05) is 50.2 Å². The summed E-state index contributed by atoms with van der Waals surface area (Å²) < 4.78 is 42.9. The molecule has 4 heterocycles. The number of phenols is 2. The van der Waals surface area contributed by atoms with E-state index < -0.39 is 46.2 Å². The maximum Gasteiger partial charge on any atom is 0.335 e. The summed E-state index contributed by atoms with van der Waals surface area (Å²) in [7, 11) is 1.30. The van der Waals surface area contributed by atoms with Crippen molar-refractivity contribution in [3.05, 3.63) is 136 Å². The summed E-state index contributed by atoms with van der Waals surface area (Å²) in [6.45, 7) is 10.1. The summed E-state index contributed by atoms with van der Waals surface area (Å²) in [6, 6.07) is 26.3. The van der Waals surface area contributed by atoms with Crippen molar-refractivity contribution in [2.45, 2.75) is 85.4 Å². The molecule has 4 aliphatic heterocycles. The molecule has 6 N–H and O–H groups in total. The van der Waals surface area contributed by atoms with Crippen LogP contribution in [-0.4, -0.2) is 91.1 Å². The van der Waals surface area contributed by atoms with Crippen molar-refractivity contribution in [3.8, 4) is 17.2 Å². The number of nitrogens with one attached hydrogen (secondary N) is 1. The van der Waals surface area contributed by atoms with Crippen LogP contribution in [0, 0.1) is 43.4 Å². The topological polar surface area (TPSA) is 231 Å². The third-order valence-electron chi connectivity index (χ3n) is 15.5. The molecule has 0 bridgehead atoms. The Morgan fingerprint density at radius 2 is 1.23 bits per heavy atom. The number of amides is 2. The Morgan fingerprint density at radius 1 is 0.727 bits per heavy atom. The highest BCUT2D eigenvalue weighted by Gasteiger charge is 2.52. The number of hydrogen-bond donors (Lipinski definition) is 5. The average molecular weight is 1060 g/mol. The van der Waals surface area contributed by atoms with Crippen LogP contribution in [0.2, 0.25) is 0 Å². The number of nitrogens with zero attached hydrogens (tertiary/aromatic N) is 4. The summed E-state index contributed by atoms with van der Waals surface area (Å²) in [5.41, 5.74) is 11.6. The zero-order chi connectivity index (χ0) is 54.2. The van der Waals surface area contributed by atoms with E-state index in [-0.39, 0.29) is 52.3 Å². The molecule has 0 radical (unpaired) electrons. The second-order valence-electron chi connectivity index (χ2n) is 22.2. The number of nitro groups is 1. The summed E-state index contributed by atoms with van der Waals surface area (Å²) in [5, 5.41) is 41.3. The molecule has 3 saturated carbocycles. The molecule has 12 rings (SSSR count). The SMILES string of the molecule is C.CC1(C)COC(c2cc(C(=O)O)cc(F)c2O)OC1.COc1cc(C(=O)Nc2ccc(N3CCC4(CC4)C3)cc2)cc(F)c1O.Nc1ccc(N2CCC3(CC3)C2)cc1.O=C1CC2(CC2)CN1c1ccc([N+](=O)[O-])cc1. The number of aromatic carboxylic acids is 1. The van der Waals surface area contributed by atoms with Crippen LogP contribution >= 0.6 is 0 Å². The summed E-state index contributed by atoms with van der Waals surface area (Å²) in [4.78, 5) is 51.8. The molecule has 2 amide bonds. The maximum absolute atomic E-state index is 13.7. The second-order valence-corrected chi connectivity index (χ2v) is 22.2. The number of carbonyl (C=O) groups excluding carboxylic acids is 2. The molecule has 7 aliphatic rings. The van der Waals surface area contributed by atoms with E-state index in [1.165, 1.54) is 82.6 Å². The van der Waals surface area contributed by atoms with Crippen molar-refractivity contribution < 1.29 is 57.6 Å². The fourth-order valence-electron chi connectivity index (χ4n) is 10.2. The van der Waals surface area contributed by atoms with Crippen LogP contribution in [-0.2, 0) is 14.3 Å². The highest BCUT2D eigenvalue weighted by Crippen LogP contribution is 2.55. The van der Waals surface area contributed by atoms with Crippen molar-refractivity contribution in [3.63, 3.8) is 0 Å². The Labute approximate surface area is 446 Å². The Hall–Kier alpha value is -7.51. The first-order valence-electron chi connectivity index (χ1n) is 25.5. The van der Waals surface area contributed by atoms with Crippen molar-refractivity contribution in [2.24, 2.45) is 21.7 Å². The lowest BCUT2D eigenvalue weighted by atomic mass is 9.95. The lowest BCUT2D eigenvalue weighted by Crippen LogP contribution is -2.33. The Morgan fingerprint density at radius 3 is 1.71 bits per heavy atom. The van der Waals surface area contributed by atoms with E-state index in [4.69, 9.17) is 25.1 Å². The van der Waals surface area contributed by atoms with Crippen LogP contribution in [0.4, 0.5) is 42.9 Å². The number of carboxylic acids is 1. The molecule has 410 valence electrons. The number of anilines is 5. The van der Waals surface area contributed by atoms with Gasteiger partial charge in [0.1, 0.15) is 0 Å². The molecule has 77 heavy (non-hydrogen) atoms. The molecular weight excluding hydrogens is 995 g/mol. The maximum atomic E-state index is 13.7. The number of aromatic hydroxyl groups is 2. The molecule has 3 aliphatic carbocycles. The number of phenolic OH excluding ortho intramolecular Hbond substituents is 2. The van der Waals surface area contributed by atoms with Crippen molar-refractivity contribution in [2.75, 3.05) is 78.8 Å². The number of rotatable bonds is 9. The number of ether oxygens (including phenoxy) is 3. The number of nitrogens with two attached hydrogens (primary N) is 1. The normalized spacial score (nSPS) is 19.4. The summed E-state index contributed by atoms with van der Waals surface area (Å²) in [5.74, 6) is -4.84. The van der Waals surface area contributed by atoms with Crippen LogP contribution < -0.4 is 30.5 Å². The van der Waals surface area contributed by atoms with Gasteiger partial charge in [-0.15, -0.1) is 0 Å². The molecule has 4 saturated heterocycles. The van der Waals surface area contributed by atoms with Crippen LogP contribution in [0.15, 0.2) is 97.1 Å². The minimum absolute atomic E-state index is 0. The standard InChI is InChI=1S/C20H21FN2O3.C13H15FO5.C12H12N2O3.C12H16N2.CH4/c1-26-17-11-13(10-16(21)18(17)24)19(25)22-14-2-4-15(5-3-14)23-9-8-20(12-23)6-7-20;1-13(2)5-18-12(19-6-13)8-3-7(11(16)17)4-9(14)10(8)15;15-11-7-12(5-6-12)8-13(11)9-1-3-10(4-2-9)14(16)17;13-10-1-3-11(4-2-10)14-8-7-12(9-14)5-6-12;/h2-5,10-11,24H,6-9,12H2,1H3,(H,22,25);3-4,12,15H,5-6H2,1-2H3,(H,16,17);1-4H,5-8H2;1-4H,5-9,13H2;1H4. The first kappa shape index (κ1) is 55.7. The zero-order valence-corrected chi connectivity index (χ0v) is 42.9. The number of benzene rings is 5. The van der Waals surface area contributed by atoms with E-state index in [2.05, 4.69) is 27.2 Å². The summed E-state index contributed by atoms with van der Waals surface area (Å²) in [6.07, 6.45) is 10.1. The lowest BCUT2D eigenvalue weighted by molar-refractivity contribution is -0.384. The predicted molar refractivity (Wildman–Crippen MR) is 289 cm³/mol. The van der Waals surface area contributed by atoms with Gasteiger partial charge in [-0.2, -0.15) is 0 Å². The fraction of sp³-hybridized carbons (Fsp3) is 0.431. The first-order chi connectivity index (χ1) is 36.2. The number of halogens is 2. The molecular formula is C58H68F2N6O11. The third-order valence-corrected chi connectivity index (χ3v) is 15.5. The van der Waals surface area contributed by atoms with Gasteiger partial charge in [-0.05, 0) is 153 Å². The Bertz CT molecular complexity index is 2970. The van der Waals surface area contributed by atoms with Crippen LogP contribution in [0.5, 0.6) is 17.2 Å². The van der Waals surface area contributed by atoms with Crippen LogP contribution in [0.3, 0.4) is 0 Å². The van der Waals surface area contributed by atoms with Gasteiger partial charge in [0.15, 0.2) is 35.2 Å². The van der Waals surface area contributed by atoms with Gasteiger partial charge < -0.3 is 55.3 Å². The minimum Gasteiger partial charge on any atom is -0.504 e. The third kappa shape index (κ3) is 13.2. The van der Waals surface area contributed by atoms with E-state index in [1.54, 1.807) is 17.0 Å². The average Bonchev–Trinajstić information content (AvgIpc) is 4.38. The van der Waals surface area contributed by atoms with Gasteiger partial charge in [-0.25, -0.2) is 13.6 Å². The molecule has 0 atom stereocenters. The highest BCUT2D eigenvalue weighted by molar-refractivity contribution is 6.04. The van der Waals surface area contributed by atoms with Crippen molar-refractivity contribution >= 4 is 51.9 Å². The predicted octanol–water partition coefficient (Wildman–Crippen LogP) is 11.1. The second kappa shape index (κ2) is 22.2. The number of non-ortho nitro benzene ring substituents is 1. The smallest absolute Gasteiger partial charge is 0.335 e. The molecule has 19 heteroatoms. The highest BCUT2D eigenvalue weighted by atomic mass is 19.1. The molecule has 5 aromatic rings. The number of carbonyl (C=O) groups is 3. The number of hydrogen-bond acceptors (Lipinski definition) is 13. The minimum atomic E-state index is -1.28. The number of carboxylic acid groups (broad SMARTS) is 1. The first-order valence-corrected chi connectivity index (χ1v) is 25.5. The summed E-state index contributed by atoms with van der Waals surface area (Å²) >= 11 is 0. The van der Waals surface area contributed by atoms with Gasteiger partial charge in [0, 0.05) is 90.7 Å². The quantitative estimate of drug-likeness (QED) is 0.0525. The molecule has 0 aromatic heterocycles. The van der Waals surface area contributed by atoms with E-state index in [0.717, 1.165) is 67.7 Å². The molecule has 17 nitrogen and oxygen atoms in total. The van der Waals surface area contributed by atoms with Gasteiger partial charge in [0.2, 0.25) is 5.91 Å². The van der Waals surface area contributed by atoms with E-state index in [9.17, 15) is 43.5 Å². The fourth-order valence-corrected chi connectivity index (χ4v) is 10.2. The van der Waals surface area contributed by atoms with Gasteiger partial charge in [0.25, 0.3) is 11.6 Å². The van der Waals surface area contributed by atoms with Gasteiger partial charge in [0.05, 0.1) is 36.4 Å². The number of nitrogen functional groups attached to an aromatic ring is 1. The lowest BCUT2D eigenvalue weighted by Gasteiger charge is -2.34. The van der Waals surface area contributed by atoms with Crippen molar-refractivity contribution in [1.29, 1.82) is 0 Å². The molecule has 7 fully saturated rings. The molecule has 0 unspecified atom stereocenters. The zero-order valence-electron chi connectivity index (χ0n) is 42.9. The van der Waals surface area contributed by atoms with Gasteiger partial charge in [-0.3, -0.25) is 19.7 Å². The number of nitro benzene ring substituents is 1. The monoisotopic (exact) mass is 1060 g/mol.